The molecular weight excluding hydrogens is 306 g/mol. The maximum absolute atomic E-state index is 12.5. The third-order valence-corrected chi connectivity index (χ3v) is 5.00. The van der Waals surface area contributed by atoms with E-state index >= 15 is 0 Å². The van der Waals surface area contributed by atoms with Gasteiger partial charge in [0.1, 0.15) is 0 Å². The van der Waals surface area contributed by atoms with E-state index in [0.717, 1.165) is 30.0 Å². The first-order valence-corrected chi connectivity index (χ1v) is 8.43. The van der Waals surface area contributed by atoms with Crippen molar-refractivity contribution in [3.8, 4) is 0 Å². The minimum Gasteiger partial charge on any atom is -0.478 e. The van der Waals surface area contributed by atoms with Crippen LogP contribution in [-0.2, 0) is 12.8 Å². The van der Waals surface area contributed by atoms with Crippen LogP contribution < -0.4 is 0 Å². The lowest BCUT2D eigenvalue weighted by molar-refractivity contribution is 0.0696. The SMILES string of the molecule is O=C(O)c1ccc(Cc2onc3c2C(=O)CC(CC2CC2)C3)cc1. The van der Waals surface area contributed by atoms with Gasteiger partial charge in [-0.1, -0.05) is 30.1 Å². The van der Waals surface area contributed by atoms with Crippen LogP contribution in [0.3, 0.4) is 0 Å². The molecule has 2 aromatic rings. The van der Waals surface area contributed by atoms with Crippen LogP contribution in [0.15, 0.2) is 28.8 Å². The number of aromatic nitrogens is 1. The van der Waals surface area contributed by atoms with Gasteiger partial charge in [-0.25, -0.2) is 4.79 Å². The molecule has 5 heteroatoms. The number of rotatable bonds is 5. The Hall–Kier alpha value is -2.43. The Bertz CT molecular complexity index is 786. The smallest absolute Gasteiger partial charge is 0.335 e. The molecule has 1 aromatic carbocycles. The highest BCUT2D eigenvalue weighted by atomic mass is 16.5. The number of carbonyl (C=O) groups is 2. The topological polar surface area (TPSA) is 80.4 Å². The molecule has 2 aliphatic carbocycles. The quantitative estimate of drug-likeness (QED) is 0.910. The van der Waals surface area contributed by atoms with Crippen molar-refractivity contribution in [1.82, 2.24) is 5.16 Å². The van der Waals surface area contributed by atoms with Crippen molar-refractivity contribution in [2.75, 3.05) is 0 Å². The normalized spacial score (nSPS) is 20.0. The Labute approximate surface area is 139 Å². The van der Waals surface area contributed by atoms with Gasteiger partial charge < -0.3 is 9.63 Å². The maximum atomic E-state index is 12.5. The van der Waals surface area contributed by atoms with Crippen LogP contribution in [0.25, 0.3) is 0 Å². The second-order valence-corrected chi connectivity index (χ2v) is 6.98. The Balaban J connectivity index is 1.52. The third-order valence-electron chi connectivity index (χ3n) is 5.00. The number of ketones is 1. The van der Waals surface area contributed by atoms with E-state index in [4.69, 9.17) is 9.63 Å². The summed E-state index contributed by atoms with van der Waals surface area (Å²) in [5, 5.41) is 13.1. The van der Waals surface area contributed by atoms with E-state index in [-0.39, 0.29) is 11.3 Å². The number of hydrogen-bond donors (Lipinski definition) is 1. The Morgan fingerprint density at radius 3 is 2.58 bits per heavy atom. The summed E-state index contributed by atoms with van der Waals surface area (Å²) >= 11 is 0. The summed E-state index contributed by atoms with van der Waals surface area (Å²) < 4.78 is 5.45. The molecule has 0 saturated heterocycles. The van der Waals surface area contributed by atoms with Crippen molar-refractivity contribution in [2.45, 2.75) is 38.5 Å². The number of hydrogen-bond acceptors (Lipinski definition) is 4. The average Bonchev–Trinajstić information content (AvgIpc) is 3.27. The number of carboxylic acid groups (broad SMARTS) is 1. The third kappa shape index (κ3) is 2.98. The lowest BCUT2D eigenvalue weighted by Gasteiger charge is -2.19. The first-order chi connectivity index (χ1) is 11.6. The number of carboxylic acids is 1. The summed E-state index contributed by atoms with van der Waals surface area (Å²) in [7, 11) is 0. The predicted octanol–water partition coefficient (Wildman–Crippen LogP) is 3.51. The molecule has 0 bridgehead atoms. The van der Waals surface area contributed by atoms with Gasteiger partial charge in [0.25, 0.3) is 0 Å². The Morgan fingerprint density at radius 1 is 1.17 bits per heavy atom. The molecule has 5 nitrogen and oxygen atoms in total. The van der Waals surface area contributed by atoms with Crippen LogP contribution in [0.4, 0.5) is 0 Å². The summed E-state index contributed by atoms with van der Waals surface area (Å²) in [5.74, 6) is 1.01. The molecule has 1 saturated carbocycles. The molecule has 1 atom stereocenters. The molecule has 1 aromatic heterocycles. The van der Waals surface area contributed by atoms with Crippen LogP contribution in [0.1, 0.15) is 63.4 Å². The molecule has 1 N–H and O–H groups in total. The zero-order chi connectivity index (χ0) is 16.7. The molecule has 24 heavy (non-hydrogen) atoms. The molecule has 1 fully saturated rings. The van der Waals surface area contributed by atoms with E-state index in [1.54, 1.807) is 24.3 Å². The number of Topliss-reactive ketones (excluding diaryl/α,β-unsaturated/α-hetero) is 1. The minimum absolute atomic E-state index is 0.139. The van der Waals surface area contributed by atoms with Crippen molar-refractivity contribution in [3.63, 3.8) is 0 Å². The van der Waals surface area contributed by atoms with E-state index < -0.39 is 5.97 Å². The van der Waals surface area contributed by atoms with Gasteiger partial charge in [0.2, 0.25) is 0 Å². The predicted molar refractivity (Wildman–Crippen MR) is 86.2 cm³/mol. The molecule has 124 valence electrons. The van der Waals surface area contributed by atoms with Crippen molar-refractivity contribution >= 4 is 11.8 Å². The van der Waals surface area contributed by atoms with E-state index in [2.05, 4.69) is 5.16 Å². The molecule has 1 heterocycles. The molecule has 1 unspecified atom stereocenters. The fourth-order valence-electron chi connectivity index (χ4n) is 3.59. The minimum atomic E-state index is -0.949. The maximum Gasteiger partial charge on any atom is 0.335 e. The van der Waals surface area contributed by atoms with Crippen molar-refractivity contribution < 1.29 is 19.2 Å². The van der Waals surface area contributed by atoms with Crippen molar-refractivity contribution in [1.29, 1.82) is 0 Å². The molecular formula is C19H19NO4. The van der Waals surface area contributed by atoms with Gasteiger partial charge in [-0.05, 0) is 42.4 Å². The van der Waals surface area contributed by atoms with Gasteiger partial charge in [-0.2, -0.15) is 0 Å². The number of carbonyl (C=O) groups excluding carboxylic acids is 1. The van der Waals surface area contributed by atoms with Gasteiger partial charge in [-0.3, -0.25) is 4.79 Å². The molecule has 0 spiro atoms. The van der Waals surface area contributed by atoms with Crippen molar-refractivity contribution in [2.24, 2.45) is 11.8 Å². The average molecular weight is 325 g/mol. The fourth-order valence-corrected chi connectivity index (χ4v) is 3.59. The van der Waals surface area contributed by atoms with Crippen molar-refractivity contribution in [3.05, 3.63) is 52.4 Å². The molecule has 0 radical (unpaired) electrons. The summed E-state index contributed by atoms with van der Waals surface area (Å²) in [4.78, 5) is 23.4. The summed E-state index contributed by atoms with van der Waals surface area (Å²) in [6.07, 6.45) is 5.61. The highest BCUT2D eigenvalue weighted by molar-refractivity contribution is 5.99. The molecule has 0 aliphatic heterocycles. The van der Waals surface area contributed by atoms with Crippen LogP contribution in [0, 0.1) is 11.8 Å². The fraction of sp³-hybridized carbons (Fsp3) is 0.421. The van der Waals surface area contributed by atoms with Crippen LogP contribution in [0.5, 0.6) is 0 Å². The van der Waals surface area contributed by atoms with Crippen LogP contribution in [0.2, 0.25) is 0 Å². The number of nitrogens with zero attached hydrogens (tertiary/aromatic N) is 1. The standard InChI is InChI=1S/C19H19NO4/c21-16-9-13(7-11-1-2-11)8-15-18(16)17(24-20-15)10-12-3-5-14(6-4-12)19(22)23/h3-6,11,13H,1-2,7-10H2,(H,22,23). The second kappa shape index (κ2) is 5.89. The van der Waals surface area contributed by atoms with E-state index in [1.807, 2.05) is 0 Å². The van der Waals surface area contributed by atoms with E-state index in [1.165, 1.54) is 12.8 Å². The summed E-state index contributed by atoms with van der Waals surface area (Å²) in [6, 6.07) is 6.63. The zero-order valence-electron chi connectivity index (χ0n) is 13.3. The molecule has 0 amide bonds. The lowest BCUT2D eigenvalue weighted by atomic mass is 9.82. The Morgan fingerprint density at radius 2 is 1.92 bits per heavy atom. The monoisotopic (exact) mass is 325 g/mol. The van der Waals surface area contributed by atoms with Crippen LogP contribution >= 0.6 is 0 Å². The summed E-state index contributed by atoms with van der Waals surface area (Å²) in [5.41, 5.74) is 2.61. The number of fused-ring (bicyclic) bond motifs is 1. The van der Waals surface area contributed by atoms with Gasteiger partial charge in [0.05, 0.1) is 16.8 Å². The first kappa shape index (κ1) is 15.1. The highest BCUT2D eigenvalue weighted by Crippen LogP contribution is 2.40. The molecule has 2 aliphatic rings. The van der Waals surface area contributed by atoms with Gasteiger partial charge in [-0.15, -0.1) is 0 Å². The molecule has 4 rings (SSSR count). The Kier molecular flexibility index (Phi) is 3.71. The highest BCUT2D eigenvalue weighted by Gasteiger charge is 2.34. The van der Waals surface area contributed by atoms with Crippen LogP contribution in [-0.4, -0.2) is 22.0 Å². The van der Waals surface area contributed by atoms with E-state index in [9.17, 15) is 9.59 Å². The van der Waals surface area contributed by atoms with Gasteiger partial charge in [0, 0.05) is 12.8 Å². The van der Waals surface area contributed by atoms with E-state index in [0.29, 0.717) is 30.1 Å². The number of benzene rings is 1. The first-order valence-electron chi connectivity index (χ1n) is 8.43. The summed E-state index contributed by atoms with van der Waals surface area (Å²) in [6.45, 7) is 0. The zero-order valence-corrected chi connectivity index (χ0v) is 13.3. The van der Waals surface area contributed by atoms with Gasteiger partial charge >= 0.3 is 5.97 Å². The van der Waals surface area contributed by atoms with Gasteiger partial charge in [0.15, 0.2) is 11.5 Å². The number of aromatic carboxylic acids is 1. The largest absolute Gasteiger partial charge is 0.478 e. The second-order valence-electron chi connectivity index (χ2n) is 6.98. The lowest BCUT2D eigenvalue weighted by Crippen LogP contribution is -2.21.